The first-order chi connectivity index (χ1) is 25.5. The lowest BCUT2D eigenvalue weighted by molar-refractivity contribution is -0.161. The summed E-state index contributed by atoms with van der Waals surface area (Å²) in [6.45, 7) is 2.55. The molecule has 1 unspecified atom stereocenters. The molecule has 0 radical (unpaired) electrons. The maximum absolute atomic E-state index is 12.6. The summed E-state index contributed by atoms with van der Waals surface area (Å²) in [5, 5.41) is 18.7. The van der Waals surface area contributed by atoms with E-state index in [9.17, 15) is 28.9 Å². The molecule has 0 bridgehead atoms. The van der Waals surface area contributed by atoms with E-state index >= 15 is 0 Å². The van der Waals surface area contributed by atoms with Crippen LogP contribution in [0, 0.1) is 0 Å². The van der Waals surface area contributed by atoms with Crippen molar-refractivity contribution >= 4 is 25.7 Å². The largest absolute Gasteiger partial charge is 0.480 e. The summed E-state index contributed by atoms with van der Waals surface area (Å²) >= 11 is 0. The Kier molecular flexibility index (Phi) is 33.4. The molecule has 0 saturated heterocycles. The van der Waals surface area contributed by atoms with Gasteiger partial charge in [-0.1, -0.05) is 140 Å². The number of allylic oxidation sites excluding steroid dienone is 7. The predicted octanol–water partition coefficient (Wildman–Crippen LogP) is 8.80. The molecule has 0 aliphatic rings. The molecule has 0 spiro atoms. The molecule has 306 valence electrons. The highest BCUT2D eigenvalue weighted by Gasteiger charge is 2.28. The molecule has 53 heavy (non-hydrogen) atoms. The third-order valence-corrected chi connectivity index (χ3v) is 9.10. The molecule has 5 N–H and O–H groups in total. The first-order valence-corrected chi connectivity index (χ1v) is 21.2. The van der Waals surface area contributed by atoms with Crippen LogP contribution < -0.4 is 5.73 Å². The molecule has 0 aliphatic heterocycles. The number of esters is 2. The van der Waals surface area contributed by atoms with Crippen molar-refractivity contribution in [1.29, 1.82) is 0 Å². The molecule has 0 rings (SSSR count). The normalized spacial score (nSPS) is 15.0. The lowest BCUT2D eigenvalue weighted by atomic mass is 10.1. The van der Waals surface area contributed by atoms with Gasteiger partial charge in [0.05, 0.1) is 19.3 Å². The second-order valence-electron chi connectivity index (χ2n) is 13.2. The molecule has 0 amide bonds. The van der Waals surface area contributed by atoms with Gasteiger partial charge < -0.3 is 30.3 Å². The first kappa shape index (κ1) is 50.4. The van der Waals surface area contributed by atoms with Crippen molar-refractivity contribution in [2.75, 3.05) is 19.8 Å². The van der Waals surface area contributed by atoms with Crippen LogP contribution in [0.1, 0.15) is 149 Å². The quantitative estimate of drug-likeness (QED) is 0.0205. The Hall–Kier alpha value is -2.60. The number of unbranched alkanes of at least 4 members (excludes halogenated alkanes) is 12. The van der Waals surface area contributed by atoms with Crippen molar-refractivity contribution in [3.8, 4) is 0 Å². The van der Waals surface area contributed by atoms with E-state index in [1.807, 2.05) is 24.3 Å². The highest BCUT2D eigenvalue weighted by Crippen LogP contribution is 2.43. The maximum atomic E-state index is 12.6. The molecule has 0 fully saturated rings. The Morgan fingerprint density at radius 1 is 0.660 bits per heavy atom. The van der Waals surface area contributed by atoms with Crippen LogP contribution in [0.2, 0.25) is 0 Å². The summed E-state index contributed by atoms with van der Waals surface area (Å²) in [5.41, 5.74) is 5.31. The minimum Gasteiger partial charge on any atom is -0.480 e. The van der Waals surface area contributed by atoms with E-state index in [4.69, 9.17) is 24.8 Å². The number of phosphoric ester groups is 1. The number of carbonyl (C=O) groups excluding carboxylic acids is 2. The van der Waals surface area contributed by atoms with Gasteiger partial charge in [-0.15, -0.1) is 0 Å². The van der Waals surface area contributed by atoms with Crippen LogP contribution >= 0.6 is 7.82 Å². The fourth-order valence-corrected chi connectivity index (χ4v) is 5.74. The number of nitrogens with two attached hydrogens (primary N) is 1. The Morgan fingerprint density at radius 2 is 1.17 bits per heavy atom. The van der Waals surface area contributed by atoms with Crippen LogP contribution in [0.5, 0.6) is 0 Å². The summed E-state index contributed by atoms with van der Waals surface area (Å²) in [6, 6.07) is -1.54. The van der Waals surface area contributed by atoms with Gasteiger partial charge in [-0.25, -0.2) is 4.57 Å². The van der Waals surface area contributed by atoms with Gasteiger partial charge in [0, 0.05) is 12.8 Å². The number of ether oxygens (including phenoxy) is 2. The number of phosphoric acid groups is 1. The Morgan fingerprint density at radius 3 is 1.75 bits per heavy atom. The van der Waals surface area contributed by atoms with Crippen molar-refractivity contribution < 1.29 is 52.6 Å². The van der Waals surface area contributed by atoms with Crippen molar-refractivity contribution in [3.05, 3.63) is 48.6 Å². The van der Waals surface area contributed by atoms with E-state index in [0.717, 1.165) is 57.8 Å². The number of carbonyl (C=O) groups is 3. The zero-order valence-electron chi connectivity index (χ0n) is 32.5. The smallest absolute Gasteiger partial charge is 0.472 e. The zero-order valence-corrected chi connectivity index (χ0v) is 33.3. The molecule has 4 atom stereocenters. The summed E-state index contributed by atoms with van der Waals surface area (Å²) in [5.74, 6) is -2.48. The highest BCUT2D eigenvalue weighted by molar-refractivity contribution is 7.47. The molecule has 0 aromatic rings. The van der Waals surface area contributed by atoms with Gasteiger partial charge in [-0.05, 0) is 44.9 Å². The van der Waals surface area contributed by atoms with Gasteiger partial charge >= 0.3 is 25.7 Å². The van der Waals surface area contributed by atoms with E-state index in [1.165, 1.54) is 44.9 Å². The second-order valence-corrected chi connectivity index (χ2v) is 14.7. The highest BCUT2D eigenvalue weighted by atomic mass is 31.2. The number of carboxylic acid groups (broad SMARTS) is 1. The fourth-order valence-electron chi connectivity index (χ4n) is 4.96. The topological polar surface area (TPSA) is 192 Å². The maximum Gasteiger partial charge on any atom is 0.472 e. The molecule has 0 aromatic heterocycles. The average Bonchev–Trinajstić information content (AvgIpc) is 3.13. The third kappa shape index (κ3) is 34.9. The number of carboxylic acids is 1. The van der Waals surface area contributed by atoms with Crippen molar-refractivity contribution in [2.24, 2.45) is 5.73 Å². The number of hydrogen-bond acceptors (Lipinski definition) is 10. The lowest BCUT2D eigenvalue weighted by Gasteiger charge is -2.20. The third-order valence-electron chi connectivity index (χ3n) is 8.15. The SMILES string of the molecule is CCCCCCCCCCCCCC(=O)OC[C@H](COP(=O)(O)OC[C@H](N)C(=O)O)OC(=O)CCC/C=C\C/C=C\C/C=C\C/C=C\[C@H](O)CCCC. The van der Waals surface area contributed by atoms with Crippen LogP contribution in [0.3, 0.4) is 0 Å². The standard InChI is InChI=1S/C40H70NO11P/c1-3-5-7-8-9-10-13-17-20-23-26-30-38(43)49-32-36(33-50-53(47,48)51-34-37(41)40(45)46)52-39(44)31-27-24-21-18-15-12-11-14-16-19-22-25-29-35(42)28-6-4-2/h11-12,16,18-19,21,25,29,35-37,42H,3-10,13-15,17,20,22-24,26-28,30-34,41H2,1-2H3,(H,45,46)(H,47,48)/b12-11-,19-16-,21-18-,29-25-/t35-,36-,37+/m1/s1. The monoisotopic (exact) mass is 771 g/mol. The first-order valence-electron chi connectivity index (χ1n) is 19.8. The number of rotatable bonds is 36. The van der Waals surface area contributed by atoms with Crippen LogP contribution in [-0.2, 0) is 37.5 Å². The van der Waals surface area contributed by atoms with Crippen molar-refractivity contribution in [2.45, 2.75) is 167 Å². The van der Waals surface area contributed by atoms with Gasteiger partial charge in [0.25, 0.3) is 0 Å². The minimum atomic E-state index is -4.73. The Bertz CT molecular complexity index is 1110. The van der Waals surface area contributed by atoms with Gasteiger partial charge in [0.2, 0.25) is 0 Å². The summed E-state index contributed by atoms with van der Waals surface area (Å²) in [7, 11) is -4.73. The van der Waals surface area contributed by atoms with E-state index in [2.05, 4.69) is 42.7 Å². The average molecular weight is 772 g/mol. The molecule has 12 nitrogen and oxygen atoms in total. The Labute approximate surface area is 318 Å². The van der Waals surface area contributed by atoms with Crippen LogP contribution in [0.15, 0.2) is 48.6 Å². The van der Waals surface area contributed by atoms with Gasteiger partial charge in [0.1, 0.15) is 12.6 Å². The van der Waals surface area contributed by atoms with E-state index in [0.29, 0.717) is 19.3 Å². The van der Waals surface area contributed by atoms with Crippen LogP contribution in [0.25, 0.3) is 0 Å². The molecular formula is C40H70NO11P. The zero-order chi connectivity index (χ0) is 39.4. The van der Waals surface area contributed by atoms with E-state index < -0.39 is 51.1 Å². The fraction of sp³-hybridized carbons (Fsp3) is 0.725. The van der Waals surface area contributed by atoms with Crippen molar-refractivity contribution in [1.82, 2.24) is 0 Å². The lowest BCUT2D eigenvalue weighted by Crippen LogP contribution is -2.34. The van der Waals surface area contributed by atoms with Gasteiger partial charge in [-0.3, -0.25) is 23.4 Å². The number of aliphatic hydroxyl groups is 1. The van der Waals surface area contributed by atoms with Gasteiger partial charge in [0.15, 0.2) is 6.10 Å². The van der Waals surface area contributed by atoms with Gasteiger partial charge in [-0.2, -0.15) is 0 Å². The number of hydrogen-bond donors (Lipinski definition) is 4. The van der Waals surface area contributed by atoms with E-state index in [-0.39, 0.29) is 25.6 Å². The summed E-state index contributed by atoms with van der Waals surface area (Å²) in [6.07, 6.45) is 33.8. The molecule has 0 saturated carbocycles. The molecule has 0 aliphatic carbocycles. The molecule has 13 heteroatoms. The molecule has 0 aromatic carbocycles. The van der Waals surface area contributed by atoms with Crippen LogP contribution in [-0.4, -0.2) is 71.1 Å². The number of aliphatic carboxylic acids is 1. The number of aliphatic hydroxyl groups excluding tert-OH is 1. The molecule has 0 heterocycles. The predicted molar refractivity (Wildman–Crippen MR) is 209 cm³/mol. The Balaban J connectivity index is 4.56. The van der Waals surface area contributed by atoms with Crippen molar-refractivity contribution in [3.63, 3.8) is 0 Å². The second kappa shape index (κ2) is 35.1. The summed E-state index contributed by atoms with van der Waals surface area (Å²) in [4.78, 5) is 45.7. The van der Waals surface area contributed by atoms with Crippen LogP contribution in [0.4, 0.5) is 0 Å². The summed E-state index contributed by atoms with van der Waals surface area (Å²) < 4.78 is 32.5. The molecular weight excluding hydrogens is 701 g/mol. The minimum absolute atomic E-state index is 0.0684. The van der Waals surface area contributed by atoms with E-state index in [1.54, 1.807) is 0 Å².